The van der Waals surface area contributed by atoms with Crippen molar-refractivity contribution in [1.82, 2.24) is 0 Å². The lowest BCUT2D eigenvalue weighted by Crippen LogP contribution is -2.20. The van der Waals surface area contributed by atoms with Gasteiger partial charge in [-0.2, -0.15) is 0 Å². The van der Waals surface area contributed by atoms with Crippen molar-refractivity contribution >= 4 is 29.5 Å². The van der Waals surface area contributed by atoms with E-state index < -0.39 is 5.97 Å². The highest BCUT2D eigenvalue weighted by molar-refractivity contribution is 7.10. The standard InChI is InChI=1S/C16H17NO2S/c1-11-8-13(5-6-14-4-3-7-20-14)9-12(2)16(11)19-15(18)10-17/h3-9H,10,17H2,1-2H3. The second kappa shape index (κ2) is 6.50. The molecule has 0 atom stereocenters. The first-order valence-electron chi connectivity index (χ1n) is 6.33. The van der Waals surface area contributed by atoms with E-state index in [4.69, 9.17) is 10.5 Å². The molecular weight excluding hydrogens is 270 g/mol. The van der Waals surface area contributed by atoms with Gasteiger partial charge < -0.3 is 10.5 Å². The van der Waals surface area contributed by atoms with Crippen LogP contribution in [0.2, 0.25) is 0 Å². The lowest BCUT2D eigenvalue weighted by molar-refractivity contribution is -0.132. The molecule has 1 aromatic heterocycles. The van der Waals surface area contributed by atoms with Gasteiger partial charge in [0.25, 0.3) is 0 Å². The van der Waals surface area contributed by atoms with Crippen LogP contribution < -0.4 is 10.5 Å². The van der Waals surface area contributed by atoms with E-state index in [1.807, 2.05) is 37.4 Å². The van der Waals surface area contributed by atoms with E-state index in [1.54, 1.807) is 11.3 Å². The summed E-state index contributed by atoms with van der Waals surface area (Å²) in [7, 11) is 0. The molecule has 0 aliphatic heterocycles. The summed E-state index contributed by atoms with van der Waals surface area (Å²) in [6.45, 7) is 3.74. The van der Waals surface area contributed by atoms with Crippen LogP contribution in [0.4, 0.5) is 0 Å². The number of carbonyl (C=O) groups is 1. The third-order valence-electron chi connectivity index (χ3n) is 2.85. The minimum absolute atomic E-state index is 0.112. The van der Waals surface area contributed by atoms with E-state index in [0.717, 1.165) is 16.7 Å². The zero-order valence-corrected chi connectivity index (χ0v) is 12.4. The maximum absolute atomic E-state index is 11.3. The second-order valence-corrected chi connectivity index (χ2v) is 5.49. The van der Waals surface area contributed by atoms with Crippen LogP contribution in [0.1, 0.15) is 21.6 Å². The molecule has 3 nitrogen and oxygen atoms in total. The van der Waals surface area contributed by atoms with E-state index in [0.29, 0.717) is 5.75 Å². The van der Waals surface area contributed by atoms with Gasteiger partial charge in [-0.3, -0.25) is 4.79 Å². The lowest BCUT2D eigenvalue weighted by Gasteiger charge is -2.11. The fourth-order valence-electron chi connectivity index (χ4n) is 1.96. The van der Waals surface area contributed by atoms with Crippen LogP contribution in [0.5, 0.6) is 5.75 Å². The first kappa shape index (κ1) is 14.5. The Morgan fingerprint density at radius 2 is 2.00 bits per heavy atom. The van der Waals surface area contributed by atoms with Gasteiger partial charge in [0.1, 0.15) is 5.75 Å². The van der Waals surface area contributed by atoms with E-state index in [-0.39, 0.29) is 6.54 Å². The second-order valence-electron chi connectivity index (χ2n) is 4.51. The van der Waals surface area contributed by atoms with Crippen molar-refractivity contribution in [2.24, 2.45) is 5.73 Å². The Morgan fingerprint density at radius 1 is 1.30 bits per heavy atom. The largest absolute Gasteiger partial charge is 0.425 e. The van der Waals surface area contributed by atoms with Crippen molar-refractivity contribution in [1.29, 1.82) is 0 Å². The van der Waals surface area contributed by atoms with Crippen molar-refractivity contribution in [3.05, 3.63) is 51.2 Å². The van der Waals surface area contributed by atoms with Crippen LogP contribution in [0, 0.1) is 13.8 Å². The molecule has 0 unspecified atom stereocenters. The Kier molecular flexibility index (Phi) is 4.71. The van der Waals surface area contributed by atoms with Gasteiger partial charge >= 0.3 is 5.97 Å². The van der Waals surface area contributed by atoms with Gasteiger partial charge in [-0.05, 0) is 60.2 Å². The number of thiophene rings is 1. The minimum Gasteiger partial charge on any atom is -0.425 e. The molecule has 20 heavy (non-hydrogen) atoms. The quantitative estimate of drug-likeness (QED) is 0.692. The molecule has 2 rings (SSSR count). The molecule has 0 saturated carbocycles. The number of nitrogens with two attached hydrogens (primary N) is 1. The number of hydrogen-bond donors (Lipinski definition) is 1. The summed E-state index contributed by atoms with van der Waals surface area (Å²) in [6.07, 6.45) is 4.13. The molecule has 104 valence electrons. The summed E-state index contributed by atoms with van der Waals surface area (Å²) in [5.74, 6) is 0.187. The maximum Gasteiger partial charge on any atom is 0.325 e. The van der Waals surface area contributed by atoms with Crippen molar-refractivity contribution in [3.8, 4) is 5.75 Å². The Hall–Kier alpha value is -1.91. The molecule has 0 amide bonds. The normalized spacial score (nSPS) is 10.9. The zero-order chi connectivity index (χ0) is 14.5. The number of ether oxygens (including phenoxy) is 1. The Bertz CT molecular complexity index is 607. The topological polar surface area (TPSA) is 52.3 Å². The first-order valence-corrected chi connectivity index (χ1v) is 7.21. The van der Waals surface area contributed by atoms with Gasteiger partial charge in [-0.15, -0.1) is 11.3 Å². The average Bonchev–Trinajstić information content (AvgIpc) is 2.93. The third-order valence-corrected chi connectivity index (χ3v) is 3.69. The Morgan fingerprint density at radius 3 is 2.55 bits per heavy atom. The molecule has 1 heterocycles. The maximum atomic E-state index is 11.3. The molecule has 0 aliphatic carbocycles. The summed E-state index contributed by atoms with van der Waals surface area (Å²) >= 11 is 1.70. The highest BCUT2D eigenvalue weighted by atomic mass is 32.1. The number of benzene rings is 1. The van der Waals surface area contributed by atoms with Crippen LogP contribution in [0.15, 0.2) is 29.6 Å². The van der Waals surface area contributed by atoms with Crippen molar-refractivity contribution in [3.63, 3.8) is 0 Å². The van der Waals surface area contributed by atoms with Crippen LogP contribution >= 0.6 is 11.3 Å². The molecule has 0 spiro atoms. The highest BCUT2D eigenvalue weighted by Crippen LogP contribution is 2.26. The minimum atomic E-state index is -0.418. The van der Waals surface area contributed by atoms with Gasteiger partial charge in [0.15, 0.2) is 0 Å². The Balaban J connectivity index is 2.23. The highest BCUT2D eigenvalue weighted by Gasteiger charge is 2.09. The number of aryl methyl sites for hydroxylation is 2. The van der Waals surface area contributed by atoms with Crippen molar-refractivity contribution in [2.45, 2.75) is 13.8 Å². The van der Waals surface area contributed by atoms with Crippen molar-refractivity contribution < 1.29 is 9.53 Å². The predicted octanol–water partition coefficient (Wildman–Crippen LogP) is 3.40. The van der Waals surface area contributed by atoms with E-state index in [1.165, 1.54) is 4.88 Å². The average molecular weight is 287 g/mol. The predicted molar refractivity (Wildman–Crippen MR) is 83.9 cm³/mol. The summed E-state index contributed by atoms with van der Waals surface area (Å²) < 4.78 is 5.24. The number of esters is 1. The zero-order valence-electron chi connectivity index (χ0n) is 11.6. The fourth-order valence-corrected chi connectivity index (χ4v) is 2.58. The van der Waals surface area contributed by atoms with Crippen LogP contribution in [-0.4, -0.2) is 12.5 Å². The van der Waals surface area contributed by atoms with E-state index >= 15 is 0 Å². The van der Waals surface area contributed by atoms with Gasteiger partial charge in [-0.25, -0.2) is 0 Å². The summed E-state index contributed by atoms with van der Waals surface area (Å²) in [4.78, 5) is 12.5. The van der Waals surface area contributed by atoms with Gasteiger partial charge in [0.2, 0.25) is 0 Å². The first-order chi connectivity index (χ1) is 9.60. The summed E-state index contributed by atoms with van der Waals surface area (Å²) in [6, 6.07) is 8.08. The number of carbonyl (C=O) groups excluding carboxylic acids is 1. The monoisotopic (exact) mass is 287 g/mol. The molecule has 2 N–H and O–H groups in total. The van der Waals surface area contributed by atoms with Crippen LogP contribution in [0.25, 0.3) is 12.2 Å². The molecule has 0 aliphatic rings. The molecule has 0 bridgehead atoms. The molecule has 2 aromatic rings. The SMILES string of the molecule is Cc1cc(C=Cc2cccs2)cc(C)c1OC(=O)CN. The summed E-state index contributed by atoms with van der Waals surface area (Å²) in [5.41, 5.74) is 8.21. The molecule has 0 fully saturated rings. The fraction of sp³-hybridized carbons (Fsp3) is 0.188. The van der Waals surface area contributed by atoms with Crippen LogP contribution in [-0.2, 0) is 4.79 Å². The molecule has 0 saturated heterocycles. The smallest absolute Gasteiger partial charge is 0.325 e. The molecule has 0 radical (unpaired) electrons. The molecule has 1 aromatic carbocycles. The molecular formula is C16H17NO2S. The molecule has 4 heteroatoms. The van der Waals surface area contributed by atoms with Gasteiger partial charge in [0.05, 0.1) is 6.54 Å². The van der Waals surface area contributed by atoms with Crippen LogP contribution in [0.3, 0.4) is 0 Å². The Labute approximate surface area is 122 Å². The third kappa shape index (κ3) is 3.56. The van der Waals surface area contributed by atoms with E-state index in [2.05, 4.69) is 18.2 Å². The number of rotatable bonds is 4. The lowest BCUT2D eigenvalue weighted by atomic mass is 10.1. The summed E-state index contributed by atoms with van der Waals surface area (Å²) in [5, 5.41) is 2.05. The van der Waals surface area contributed by atoms with Gasteiger partial charge in [-0.1, -0.05) is 12.1 Å². The van der Waals surface area contributed by atoms with E-state index in [9.17, 15) is 4.79 Å². The van der Waals surface area contributed by atoms with Gasteiger partial charge in [0, 0.05) is 4.88 Å². The number of hydrogen-bond acceptors (Lipinski definition) is 4. The van der Waals surface area contributed by atoms with Crippen molar-refractivity contribution in [2.75, 3.05) is 6.54 Å².